The van der Waals surface area contributed by atoms with Crippen molar-refractivity contribution in [2.45, 2.75) is 0 Å². The highest BCUT2D eigenvalue weighted by Crippen LogP contribution is 2.21. The van der Waals surface area contributed by atoms with Crippen LogP contribution in [0.1, 0.15) is 20.2 Å². The number of H-pyrrole nitrogens is 1. The molecule has 0 atom stereocenters. The van der Waals surface area contributed by atoms with E-state index in [1.165, 1.54) is 11.3 Å². The molecular weight excluding hydrogens is 384 g/mol. The molecule has 8 heteroatoms. The van der Waals surface area contributed by atoms with E-state index < -0.39 is 0 Å². The molecule has 6 nitrogen and oxygen atoms in total. The highest BCUT2D eigenvalue weighted by molar-refractivity contribution is 7.12. The second-order valence-electron chi connectivity index (χ2n) is 6.24. The van der Waals surface area contributed by atoms with E-state index in [2.05, 4.69) is 10.2 Å². The van der Waals surface area contributed by atoms with Crippen LogP contribution in [-0.2, 0) is 0 Å². The van der Waals surface area contributed by atoms with Gasteiger partial charge in [0, 0.05) is 36.8 Å². The predicted molar refractivity (Wildman–Crippen MR) is 105 cm³/mol. The van der Waals surface area contributed by atoms with Crippen LogP contribution in [0.25, 0.3) is 11.3 Å². The molecule has 0 unspecified atom stereocenters. The molecular formula is C19H17ClN4O2S. The van der Waals surface area contributed by atoms with E-state index in [4.69, 9.17) is 11.6 Å². The summed E-state index contributed by atoms with van der Waals surface area (Å²) in [6, 6.07) is 12.7. The second kappa shape index (κ2) is 7.54. The zero-order chi connectivity index (χ0) is 18.8. The van der Waals surface area contributed by atoms with Crippen LogP contribution in [0.4, 0.5) is 0 Å². The highest BCUT2D eigenvalue weighted by Gasteiger charge is 2.26. The van der Waals surface area contributed by atoms with Crippen molar-refractivity contribution < 1.29 is 9.59 Å². The van der Waals surface area contributed by atoms with Crippen LogP contribution in [-0.4, -0.2) is 58.0 Å². The molecule has 3 aromatic rings. The molecule has 1 fully saturated rings. The number of piperazine rings is 1. The van der Waals surface area contributed by atoms with Crippen molar-refractivity contribution in [2.24, 2.45) is 0 Å². The van der Waals surface area contributed by atoms with Gasteiger partial charge in [0.05, 0.1) is 10.6 Å². The molecule has 2 amide bonds. The summed E-state index contributed by atoms with van der Waals surface area (Å²) in [5, 5.41) is 9.60. The van der Waals surface area contributed by atoms with Crippen molar-refractivity contribution in [1.29, 1.82) is 0 Å². The van der Waals surface area contributed by atoms with E-state index in [-0.39, 0.29) is 11.8 Å². The number of nitrogens with zero attached hydrogens (tertiary/aromatic N) is 3. The number of carbonyl (C=O) groups excluding carboxylic acids is 2. The van der Waals surface area contributed by atoms with Gasteiger partial charge in [0.1, 0.15) is 5.69 Å². The normalized spacial score (nSPS) is 14.4. The summed E-state index contributed by atoms with van der Waals surface area (Å²) in [5.74, 6) is -0.0744. The van der Waals surface area contributed by atoms with E-state index >= 15 is 0 Å². The summed E-state index contributed by atoms with van der Waals surface area (Å²) in [4.78, 5) is 29.4. The van der Waals surface area contributed by atoms with Crippen LogP contribution < -0.4 is 0 Å². The summed E-state index contributed by atoms with van der Waals surface area (Å²) in [7, 11) is 0. The number of carbonyl (C=O) groups is 2. The Morgan fingerprint density at radius 1 is 1.00 bits per heavy atom. The lowest BCUT2D eigenvalue weighted by molar-refractivity contribution is 0.0535. The molecule has 1 aliphatic rings. The minimum absolute atomic E-state index is 0.0312. The van der Waals surface area contributed by atoms with E-state index in [0.717, 1.165) is 10.4 Å². The summed E-state index contributed by atoms with van der Waals surface area (Å²) in [5.41, 5.74) is 2.03. The molecule has 1 saturated heterocycles. The van der Waals surface area contributed by atoms with Gasteiger partial charge >= 0.3 is 0 Å². The van der Waals surface area contributed by atoms with Crippen molar-refractivity contribution in [2.75, 3.05) is 26.2 Å². The highest BCUT2D eigenvalue weighted by atomic mass is 35.5. The van der Waals surface area contributed by atoms with Gasteiger partial charge in [-0.25, -0.2) is 0 Å². The average Bonchev–Trinajstić information content (AvgIpc) is 3.40. The first-order valence-corrected chi connectivity index (χ1v) is 9.81. The molecule has 2 aromatic heterocycles. The molecule has 1 aliphatic heterocycles. The number of halogens is 1. The minimum Gasteiger partial charge on any atom is -0.334 e. The summed E-state index contributed by atoms with van der Waals surface area (Å²) in [6.45, 7) is 2.07. The molecule has 0 radical (unpaired) electrons. The SMILES string of the molecule is O=C(c1cc(-c2ccc(Cl)cc2)n[nH]1)N1CCN(C(=O)c2cccs2)CC1. The number of benzene rings is 1. The largest absolute Gasteiger partial charge is 0.334 e. The van der Waals surface area contributed by atoms with Gasteiger partial charge in [-0.05, 0) is 29.6 Å². The summed E-state index contributed by atoms with van der Waals surface area (Å²) in [6.07, 6.45) is 0. The number of amides is 2. The number of hydrogen-bond acceptors (Lipinski definition) is 4. The fourth-order valence-corrected chi connectivity index (χ4v) is 3.86. The zero-order valence-electron chi connectivity index (χ0n) is 14.4. The number of hydrogen-bond donors (Lipinski definition) is 1. The molecule has 27 heavy (non-hydrogen) atoms. The van der Waals surface area contributed by atoms with Gasteiger partial charge in [0.15, 0.2) is 0 Å². The Hall–Kier alpha value is -2.64. The lowest BCUT2D eigenvalue weighted by Gasteiger charge is -2.34. The molecule has 0 aliphatic carbocycles. The zero-order valence-corrected chi connectivity index (χ0v) is 16.0. The Morgan fingerprint density at radius 2 is 1.67 bits per heavy atom. The number of rotatable bonds is 3. The molecule has 3 heterocycles. The molecule has 0 spiro atoms. The van der Waals surface area contributed by atoms with Crippen molar-refractivity contribution in [3.63, 3.8) is 0 Å². The first-order chi connectivity index (χ1) is 13.1. The number of nitrogens with one attached hydrogen (secondary N) is 1. The minimum atomic E-state index is -0.106. The van der Waals surface area contributed by atoms with Gasteiger partial charge in [-0.15, -0.1) is 11.3 Å². The van der Waals surface area contributed by atoms with Gasteiger partial charge in [-0.2, -0.15) is 5.10 Å². The lowest BCUT2D eigenvalue weighted by atomic mass is 10.1. The molecule has 0 saturated carbocycles. The maximum atomic E-state index is 12.7. The number of aromatic amines is 1. The second-order valence-corrected chi connectivity index (χ2v) is 7.62. The Morgan fingerprint density at radius 3 is 2.30 bits per heavy atom. The van der Waals surface area contributed by atoms with E-state index in [1.54, 1.807) is 28.0 Å². The summed E-state index contributed by atoms with van der Waals surface area (Å²) >= 11 is 7.34. The molecule has 4 rings (SSSR count). The van der Waals surface area contributed by atoms with Crippen LogP contribution in [0.3, 0.4) is 0 Å². The third kappa shape index (κ3) is 3.74. The van der Waals surface area contributed by atoms with Gasteiger partial charge in [-0.1, -0.05) is 29.8 Å². The van der Waals surface area contributed by atoms with E-state index in [9.17, 15) is 9.59 Å². The standard InChI is InChI=1S/C19H17ClN4O2S/c20-14-5-3-13(4-6-14)15-12-16(22-21-15)18(25)23-7-9-24(10-8-23)19(26)17-2-1-11-27-17/h1-6,11-12H,7-10H2,(H,21,22). The molecule has 138 valence electrons. The Labute approximate surface area is 165 Å². The smallest absolute Gasteiger partial charge is 0.272 e. The Kier molecular flexibility index (Phi) is 4.96. The predicted octanol–water partition coefficient (Wildman–Crippen LogP) is 3.39. The fourth-order valence-electron chi connectivity index (χ4n) is 3.04. The number of aromatic nitrogens is 2. The fraction of sp³-hybridized carbons (Fsp3) is 0.211. The van der Waals surface area contributed by atoms with Crippen molar-refractivity contribution in [3.05, 3.63) is 63.4 Å². The first kappa shape index (κ1) is 17.8. The number of thiophene rings is 1. The van der Waals surface area contributed by atoms with Crippen LogP contribution >= 0.6 is 22.9 Å². The third-order valence-electron chi connectivity index (χ3n) is 4.53. The van der Waals surface area contributed by atoms with Crippen LogP contribution in [0.5, 0.6) is 0 Å². The van der Waals surface area contributed by atoms with Gasteiger partial charge in [0.2, 0.25) is 0 Å². The van der Waals surface area contributed by atoms with Crippen LogP contribution in [0.15, 0.2) is 47.8 Å². The lowest BCUT2D eigenvalue weighted by Crippen LogP contribution is -2.50. The third-order valence-corrected chi connectivity index (χ3v) is 5.64. The van der Waals surface area contributed by atoms with E-state index in [0.29, 0.717) is 42.6 Å². The van der Waals surface area contributed by atoms with Gasteiger partial charge < -0.3 is 9.80 Å². The monoisotopic (exact) mass is 400 g/mol. The van der Waals surface area contributed by atoms with Crippen molar-refractivity contribution >= 4 is 34.8 Å². The first-order valence-electron chi connectivity index (χ1n) is 8.55. The van der Waals surface area contributed by atoms with Crippen LogP contribution in [0, 0.1) is 0 Å². The topological polar surface area (TPSA) is 69.3 Å². The molecule has 1 aromatic carbocycles. The summed E-state index contributed by atoms with van der Waals surface area (Å²) < 4.78 is 0. The van der Waals surface area contributed by atoms with Crippen molar-refractivity contribution in [3.8, 4) is 11.3 Å². The quantitative estimate of drug-likeness (QED) is 0.732. The van der Waals surface area contributed by atoms with E-state index in [1.807, 2.05) is 29.6 Å². The Balaban J connectivity index is 1.40. The maximum absolute atomic E-state index is 12.7. The maximum Gasteiger partial charge on any atom is 0.272 e. The van der Waals surface area contributed by atoms with Crippen molar-refractivity contribution in [1.82, 2.24) is 20.0 Å². The molecule has 0 bridgehead atoms. The van der Waals surface area contributed by atoms with Gasteiger partial charge in [0.25, 0.3) is 11.8 Å². The van der Waals surface area contributed by atoms with Gasteiger partial charge in [-0.3, -0.25) is 14.7 Å². The Bertz CT molecular complexity index is 945. The molecule has 1 N–H and O–H groups in total. The van der Waals surface area contributed by atoms with Crippen LogP contribution in [0.2, 0.25) is 5.02 Å². The average molecular weight is 401 g/mol.